The van der Waals surface area contributed by atoms with E-state index in [-0.39, 0.29) is 5.56 Å². The van der Waals surface area contributed by atoms with Gasteiger partial charge in [0, 0.05) is 0 Å². The zero-order chi connectivity index (χ0) is 13.2. The highest BCUT2D eigenvalue weighted by Crippen LogP contribution is 2.34. The molecule has 0 saturated heterocycles. The normalized spacial score (nSPS) is 13.1. The smallest absolute Gasteiger partial charge is 0.335 e. The van der Waals surface area contributed by atoms with Crippen molar-refractivity contribution < 1.29 is 19.4 Å². The second-order valence-electron chi connectivity index (χ2n) is 4.24. The third-order valence-corrected chi connectivity index (χ3v) is 2.99. The minimum atomic E-state index is -0.931. The molecule has 19 heavy (non-hydrogen) atoms. The van der Waals surface area contributed by atoms with Gasteiger partial charge in [-0.1, -0.05) is 18.2 Å². The molecule has 0 radical (unpaired) electrons. The van der Waals surface area contributed by atoms with E-state index in [1.165, 1.54) is 0 Å². The van der Waals surface area contributed by atoms with Gasteiger partial charge < -0.3 is 14.6 Å². The molecular weight excluding hydrogens is 244 g/mol. The van der Waals surface area contributed by atoms with Crippen LogP contribution in [0.2, 0.25) is 0 Å². The summed E-state index contributed by atoms with van der Waals surface area (Å²) in [4.78, 5) is 11.0. The fraction of sp³-hybridized carbons (Fsp3) is 0.133. The van der Waals surface area contributed by atoms with Gasteiger partial charge >= 0.3 is 5.97 Å². The molecule has 0 amide bonds. The van der Waals surface area contributed by atoms with Gasteiger partial charge in [0.15, 0.2) is 11.5 Å². The Hall–Kier alpha value is -2.49. The van der Waals surface area contributed by atoms with Crippen LogP contribution in [0.4, 0.5) is 0 Å². The van der Waals surface area contributed by atoms with Crippen LogP contribution in [0.3, 0.4) is 0 Å². The zero-order valence-electron chi connectivity index (χ0n) is 10.1. The van der Waals surface area contributed by atoms with Crippen LogP contribution < -0.4 is 9.47 Å². The number of ether oxygens (including phenoxy) is 2. The Labute approximate surface area is 110 Å². The van der Waals surface area contributed by atoms with Gasteiger partial charge in [0.1, 0.15) is 13.2 Å². The number of hydrogen-bond acceptors (Lipinski definition) is 3. The summed E-state index contributed by atoms with van der Waals surface area (Å²) in [6.45, 7) is 1.09. The third-order valence-electron chi connectivity index (χ3n) is 2.99. The molecule has 2 aromatic carbocycles. The highest BCUT2D eigenvalue weighted by atomic mass is 16.6. The molecule has 0 spiro atoms. The molecule has 0 saturated carbocycles. The van der Waals surface area contributed by atoms with E-state index in [9.17, 15) is 4.79 Å². The first-order valence-corrected chi connectivity index (χ1v) is 5.97. The van der Waals surface area contributed by atoms with Gasteiger partial charge in [-0.15, -0.1) is 0 Å². The number of hydrogen-bond donors (Lipinski definition) is 1. The molecule has 96 valence electrons. The van der Waals surface area contributed by atoms with Crippen LogP contribution in [0.15, 0.2) is 42.5 Å². The fourth-order valence-electron chi connectivity index (χ4n) is 2.05. The molecule has 0 aromatic heterocycles. The Balaban J connectivity index is 2.02. The maximum atomic E-state index is 11.0. The second kappa shape index (κ2) is 4.65. The van der Waals surface area contributed by atoms with Gasteiger partial charge in [0.05, 0.1) is 5.56 Å². The van der Waals surface area contributed by atoms with Gasteiger partial charge in [-0.05, 0) is 35.4 Å². The van der Waals surface area contributed by atoms with E-state index in [4.69, 9.17) is 14.6 Å². The number of fused-ring (bicyclic) bond motifs is 1. The predicted molar refractivity (Wildman–Crippen MR) is 69.8 cm³/mol. The molecule has 0 aliphatic carbocycles. The van der Waals surface area contributed by atoms with Crippen LogP contribution in [-0.2, 0) is 0 Å². The number of benzene rings is 2. The summed E-state index contributed by atoms with van der Waals surface area (Å²) in [7, 11) is 0. The standard InChI is InChI=1S/C15H12O4/c16-15(17)12-3-1-2-10(8-12)11-4-5-13-14(9-11)19-7-6-18-13/h1-5,8-9H,6-7H2,(H,16,17). The quantitative estimate of drug-likeness (QED) is 0.897. The van der Waals surface area contributed by atoms with Gasteiger partial charge in [0.2, 0.25) is 0 Å². The molecule has 3 rings (SSSR count). The summed E-state index contributed by atoms with van der Waals surface area (Å²) >= 11 is 0. The van der Waals surface area contributed by atoms with Crippen molar-refractivity contribution in [2.45, 2.75) is 0 Å². The summed E-state index contributed by atoms with van der Waals surface area (Å²) in [6.07, 6.45) is 0. The molecule has 0 bridgehead atoms. The number of carboxylic acids is 1. The molecule has 4 heteroatoms. The maximum Gasteiger partial charge on any atom is 0.335 e. The van der Waals surface area contributed by atoms with Crippen molar-refractivity contribution in [3.8, 4) is 22.6 Å². The lowest BCUT2D eigenvalue weighted by Crippen LogP contribution is -2.15. The topological polar surface area (TPSA) is 55.8 Å². The monoisotopic (exact) mass is 256 g/mol. The molecule has 1 heterocycles. The molecule has 2 aromatic rings. The maximum absolute atomic E-state index is 11.0. The molecule has 0 fully saturated rings. The largest absolute Gasteiger partial charge is 0.486 e. The van der Waals surface area contributed by atoms with Crippen LogP contribution in [0.1, 0.15) is 10.4 Å². The fourth-order valence-corrected chi connectivity index (χ4v) is 2.05. The first kappa shape index (κ1) is 11.6. The van der Waals surface area contributed by atoms with Crippen molar-refractivity contribution in [3.05, 3.63) is 48.0 Å². The first-order valence-electron chi connectivity index (χ1n) is 5.97. The average Bonchev–Trinajstić information content (AvgIpc) is 2.47. The van der Waals surface area contributed by atoms with Crippen LogP contribution >= 0.6 is 0 Å². The summed E-state index contributed by atoms with van der Waals surface area (Å²) in [5, 5.41) is 9.00. The average molecular weight is 256 g/mol. The van der Waals surface area contributed by atoms with Gasteiger partial charge in [-0.2, -0.15) is 0 Å². The highest BCUT2D eigenvalue weighted by Gasteiger charge is 2.13. The van der Waals surface area contributed by atoms with E-state index in [0.717, 1.165) is 16.9 Å². The number of carboxylic acid groups (broad SMARTS) is 1. The van der Waals surface area contributed by atoms with Crippen LogP contribution in [0.5, 0.6) is 11.5 Å². The lowest BCUT2D eigenvalue weighted by atomic mass is 10.0. The Morgan fingerprint density at radius 2 is 1.68 bits per heavy atom. The summed E-state index contributed by atoms with van der Waals surface area (Å²) in [6, 6.07) is 12.4. The second-order valence-corrected chi connectivity index (χ2v) is 4.24. The molecule has 4 nitrogen and oxygen atoms in total. The Kier molecular flexibility index (Phi) is 2.83. The van der Waals surface area contributed by atoms with E-state index in [1.54, 1.807) is 18.2 Å². The molecule has 1 aliphatic heterocycles. The summed E-state index contributed by atoms with van der Waals surface area (Å²) in [5.41, 5.74) is 2.02. The van der Waals surface area contributed by atoms with E-state index >= 15 is 0 Å². The van der Waals surface area contributed by atoms with Crippen molar-refractivity contribution in [3.63, 3.8) is 0 Å². The van der Waals surface area contributed by atoms with Crippen LogP contribution in [0.25, 0.3) is 11.1 Å². The van der Waals surface area contributed by atoms with Crippen molar-refractivity contribution in [2.24, 2.45) is 0 Å². The minimum Gasteiger partial charge on any atom is -0.486 e. The van der Waals surface area contributed by atoms with E-state index < -0.39 is 5.97 Å². The van der Waals surface area contributed by atoms with Crippen molar-refractivity contribution in [1.29, 1.82) is 0 Å². The van der Waals surface area contributed by atoms with E-state index in [1.807, 2.05) is 24.3 Å². The molecular formula is C15H12O4. The first-order chi connectivity index (χ1) is 9.24. The highest BCUT2D eigenvalue weighted by molar-refractivity contribution is 5.89. The molecule has 1 N–H and O–H groups in total. The minimum absolute atomic E-state index is 0.271. The SMILES string of the molecule is O=C(O)c1cccc(-c2ccc3c(c2)OCCO3)c1. The van der Waals surface area contributed by atoms with Crippen molar-refractivity contribution >= 4 is 5.97 Å². The lowest BCUT2D eigenvalue weighted by molar-refractivity contribution is 0.0697. The number of rotatable bonds is 2. The third kappa shape index (κ3) is 2.25. The summed E-state index contributed by atoms with van der Waals surface area (Å²) in [5.74, 6) is 0.494. The molecule has 0 unspecified atom stereocenters. The van der Waals surface area contributed by atoms with Gasteiger partial charge in [-0.3, -0.25) is 0 Å². The van der Waals surface area contributed by atoms with Crippen LogP contribution in [0, 0.1) is 0 Å². The lowest BCUT2D eigenvalue weighted by Gasteiger charge is -2.19. The Morgan fingerprint density at radius 1 is 0.947 bits per heavy atom. The molecule has 0 atom stereocenters. The van der Waals surface area contributed by atoms with Crippen molar-refractivity contribution in [2.75, 3.05) is 13.2 Å². The van der Waals surface area contributed by atoms with E-state index in [0.29, 0.717) is 19.0 Å². The number of aromatic carboxylic acids is 1. The van der Waals surface area contributed by atoms with E-state index in [2.05, 4.69) is 0 Å². The Morgan fingerprint density at radius 3 is 2.47 bits per heavy atom. The zero-order valence-corrected chi connectivity index (χ0v) is 10.1. The van der Waals surface area contributed by atoms with Crippen molar-refractivity contribution in [1.82, 2.24) is 0 Å². The predicted octanol–water partition coefficient (Wildman–Crippen LogP) is 2.82. The molecule has 1 aliphatic rings. The van der Waals surface area contributed by atoms with Crippen LogP contribution in [-0.4, -0.2) is 24.3 Å². The van der Waals surface area contributed by atoms with Gasteiger partial charge in [-0.25, -0.2) is 4.79 Å². The number of carbonyl (C=O) groups is 1. The Bertz CT molecular complexity index is 634. The summed E-state index contributed by atoms with van der Waals surface area (Å²) < 4.78 is 11.0. The van der Waals surface area contributed by atoms with Gasteiger partial charge in [0.25, 0.3) is 0 Å².